The number of hydrogen-bond donors (Lipinski definition) is 1. The van der Waals surface area contributed by atoms with E-state index < -0.39 is 9.85 Å². The van der Waals surface area contributed by atoms with Crippen LogP contribution >= 0.6 is 0 Å². The molecule has 0 radical (unpaired) electrons. The molecule has 0 saturated carbocycles. The van der Waals surface area contributed by atoms with E-state index in [0.29, 0.717) is 17.9 Å². The third-order valence-corrected chi connectivity index (χ3v) is 3.19. The number of nitrogens with one attached hydrogen (secondary N) is 1. The van der Waals surface area contributed by atoms with E-state index in [4.69, 9.17) is 0 Å². The maximum absolute atomic E-state index is 11.1. The second-order valence-corrected chi connectivity index (χ2v) is 4.94. The molecule has 0 aliphatic heterocycles. The third kappa shape index (κ3) is 3.99. The first kappa shape index (κ1) is 16.0. The molecule has 7 heteroatoms. The van der Waals surface area contributed by atoms with E-state index in [0.717, 1.165) is 12.6 Å². The molecule has 0 fully saturated rings. The Morgan fingerprint density at radius 1 is 1.20 bits per heavy atom. The van der Waals surface area contributed by atoms with Crippen LogP contribution in [0.3, 0.4) is 0 Å². The molecule has 1 aromatic rings. The lowest BCUT2D eigenvalue weighted by atomic mass is 9.95. The molecule has 0 amide bonds. The molecule has 0 aliphatic carbocycles. The molecule has 0 heterocycles. The molecular formula is C13H19N3O4. The smallest absolute Gasteiger partial charge is 0.279 e. The number of rotatable bonds is 7. The highest BCUT2D eigenvalue weighted by molar-refractivity contribution is 5.49. The van der Waals surface area contributed by atoms with Crippen molar-refractivity contribution in [2.45, 2.75) is 33.2 Å². The second-order valence-electron chi connectivity index (χ2n) is 4.94. The van der Waals surface area contributed by atoms with Crippen molar-refractivity contribution < 1.29 is 9.85 Å². The summed E-state index contributed by atoms with van der Waals surface area (Å²) in [7, 11) is 0. The van der Waals surface area contributed by atoms with Crippen molar-refractivity contribution in [1.29, 1.82) is 0 Å². The zero-order valence-electron chi connectivity index (χ0n) is 11.8. The number of likely N-dealkylation sites (N-methyl/N-ethyl adjacent to an activating group) is 1. The van der Waals surface area contributed by atoms with E-state index in [-0.39, 0.29) is 17.4 Å². The van der Waals surface area contributed by atoms with Crippen LogP contribution in [-0.4, -0.2) is 22.4 Å². The first-order chi connectivity index (χ1) is 9.36. The van der Waals surface area contributed by atoms with Crippen molar-refractivity contribution in [1.82, 2.24) is 5.32 Å². The topological polar surface area (TPSA) is 98.3 Å². The molecule has 1 rings (SSSR count). The molecule has 0 aliphatic rings. The van der Waals surface area contributed by atoms with E-state index >= 15 is 0 Å². The molecule has 0 saturated heterocycles. The highest BCUT2D eigenvalue weighted by Gasteiger charge is 2.22. The van der Waals surface area contributed by atoms with Gasteiger partial charge in [0, 0.05) is 17.7 Å². The molecule has 0 aromatic heterocycles. The second kappa shape index (κ2) is 6.95. The number of nitro groups is 2. The summed E-state index contributed by atoms with van der Waals surface area (Å²) in [5.74, 6) is 0.310. The Balaban J connectivity index is 3.10. The van der Waals surface area contributed by atoms with E-state index in [2.05, 4.69) is 5.32 Å². The monoisotopic (exact) mass is 281 g/mol. The van der Waals surface area contributed by atoms with Crippen LogP contribution < -0.4 is 5.32 Å². The van der Waals surface area contributed by atoms with E-state index in [9.17, 15) is 20.2 Å². The fraction of sp³-hybridized carbons (Fsp3) is 0.538. The third-order valence-electron chi connectivity index (χ3n) is 3.19. The minimum atomic E-state index is -0.624. The molecule has 20 heavy (non-hydrogen) atoms. The summed E-state index contributed by atoms with van der Waals surface area (Å²) in [5.41, 5.74) is 0.0630. The SMILES string of the molecule is CCNC(Cc1ccc([N+](=O)[O-])cc1[N+](=O)[O-])C(C)C. The molecule has 1 unspecified atom stereocenters. The Morgan fingerprint density at radius 3 is 2.30 bits per heavy atom. The predicted octanol–water partition coefficient (Wildman–Crippen LogP) is 2.68. The van der Waals surface area contributed by atoms with Crippen LogP contribution in [0.4, 0.5) is 11.4 Å². The van der Waals surface area contributed by atoms with Crippen molar-refractivity contribution in [2.24, 2.45) is 5.92 Å². The fourth-order valence-corrected chi connectivity index (χ4v) is 2.05. The van der Waals surface area contributed by atoms with E-state index in [1.165, 1.54) is 12.1 Å². The van der Waals surface area contributed by atoms with Gasteiger partial charge in [-0.3, -0.25) is 20.2 Å². The summed E-state index contributed by atoms with van der Waals surface area (Å²) in [5, 5.41) is 25.0. The average Bonchev–Trinajstić information content (AvgIpc) is 2.37. The fourth-order valence-electron chi connectivity index (χ4n) is 2.05. The molecular weight excluding hydrogens is 262 g/mol. The van der Waals surface area contributed by atoms with Crippen molar-refractivity contribution in [3.05, 3.63) is 44.0 Å². The van der Waals surface area contributed by atoms with Gasteiger partial charge in [0.15, 0.2) is 0 Å². The zero-order valence-corrected chi connectivity index (χ0v) is 11.8. The highest BCUT2D eigenvalue weighted by Crippen LogP contribution is 2.26. The van der Waals surface area contributed by atoms with Gasteiger partial charge in [-0.25, -0.2) is 0 Å². The number of nitro benzene ring substituents is 2. The lowest BCUT2D eigenvalue weighted by Gasteiger charge is -2.21. The van der Waals surface area contributed by atoms with Crippen molar-refractivity contribution >= 4 is 11.4 Å². The molecule has 0 bridgehead atoms. The number of benzene rings is 1. The molecule has 1 atom stereocenters. The normalized spacial score (nSPS) is 12.4. The van der Waals surface area contributed by atoms with Gasteiger partial charge in [-0.1, -0.05) is 20.8 Å². The maximum atomic E-state index is 11.1. The van der Waals surface area contributed by atoms with Crippen LogP contribution in [0.1, 0.15) is 26.3 Å². The quantitative estimate of drug-likeness (QED) is 0.612. The van der Waals surface area contributed by atoms with E-state index in [1.54, 1.807) is 0 Å². The summed E-state index contributed by atoms with van der Waals surface area (Å²) in [6.07, 6.45) is 0.472. The van der Waals surface area contributed by atoms with Crippen LogP contribution in [0.5, 0.6) is 0 Å². The minimum absolute atomic E-state index is 0.0974. The molecule has 7 nitrogen and oxygen atoms in total. The Bertz CT molecular complexity index is 502. The average molecular weight is 281 g/mol. The van der Waals surface area contributed by atoms with Crippen LogP contribution in [0.2, 0.25) is 0 Å². The summed E-state index contributed by atoms with van der Waals surface area (Å²) in [6.45, 7) is 6.80. The van der Waals surface area contributed by atoms with Gasteiger partial charge < -0.3 is 5.32 Å². The first-order valence-corrected chi connectivity index (χ1v) is 6.51. The largest absolute Gasteiger partial charge is 0.314 e. The van der Waals surface area contributed by atoms with Crippen molar-refractivity contribution in [2.75, 3.05) is 6.54 Å². The van der Waals surface area contributed by atoms with Gasteiger partial charge in [-0.15, -0.1) is 0 Å². The van der Waals surface area contributed by atoms with Gasteiger partial charge in [0.2, 0.25) is 0 Å². The highest BCUT2D eigenvalue weighted by atomic mass is 16.6. The van der Waals surface area contributed by atoms with Gasteiger partial charge in [0.1, 0.15) is 0 Å². The van der Waals surface area contributed by atoms with Gasteiger partial charge in [-0.2, -0.15) is 0 Å². The van der Waals surface area contributed by atoms with Crippen LogP contribution in [-0.2, 0) is 6.42 Å². The number of nitrogens with zero attached hydrogens (tertiary/aromatic N) is 2. The molecule has 1 N–H and O–H groups in total. The Labute approximate surface area is 117 Å². The first-order valence-electron chi connectivity index (χ1n) is 6.51. The minimum Gasteiger partial charge on any atom is -0.314 e. The predicted molar refractivity (Wildman–Crippen MR) is 75.8 cm³/mol. The Hall–Kier alpha value is -2.02. The molecule has 1 aromatic carbocycles. The van der Waals surface area contributed by atoms with E-state index in [1.807, 2.05) is 20.8 Å². The van der Waals surface area contributed by atoms with Gasteiger partial charge in [0.05, 0.1) is 15.9 Å². The number of hydrogen-bond acceptors (Lipinski definition) is 5. The lowest BCUT2D eigenvalue weighted by molar-refractivity contribution is -0.394. The van der Waals surface area contributed by atoms with Crippen molar-refractivity contribution in [3.63, 3.8) is 0 Å². The summed E-state index contributed by atoms with van der Waals surface area (Å²) in [4.78, 5) is 20.6. The molecule has 0 spiro atoms. The maximum Gasteiger partial charge on any atom is 0.279 e. The summed E-state index contributed by atoms with van der Waals surface area (Å²) < 4.78 is 0. The van der Waals surface area contributed by atoms with Crippen LogP contribution in [0.15, 0.2) is 18.2 Å². The molecule has 110 valence electrons. The Kier molecular flexibility index (Phi) is 5.57. The van der Waals surface area contributed by atoms with Crippen LogP contribution in [0, 0.1) is 26.1 Å². The summed E-state index contributed by atoms with van der Waals surface area (Å²) in [6, 6.07) is 3.91. The standard InChI is InChI=1S/C13H19N3O4/c1-4-14-12(9(2)3)7-10-5-6-11(15(17)18)8-13(10)16(19)20/h5-6,8-9,12,14H,4,7H2,1-3H3. The van der Waals surface area contributed by atoms with Gasteiger partial charge >= 0.3 is 0 Å². The van der Waals surface area contributed by atoms with Crippen molar-refractivity contribution in [3.8, 4) is 0 Å². The van der Waals surface area contributed by atoms with Gasteiger partial charge in [-0.05, 0) is 24.9 Å². The summed E-state index contributed by atoms with van der Waals surface area (Å²) >= 11 is 0. The lowest BCUT2D eigenvalue weighted by Crippen LogP contribution is -2.35. The van der Waals surface area contributed by atoms with Gasteiger partial charge in [0.25, 0.3) is 11.4 Å². The number of non-ortho nitro benzene ring substituents is 1. The zero-order chi connectivity index (χ0) is 15.3. The Morgan fingerprint density at radius 2 is 1.85 bits per heavy atom. The van der Waals surface area contributed by atoms with Crippen LogP contribution in [0.25, 0.3) is 0 Å².